The first-order chi connectivity index (χ1) is 15.0. The van der Waals surface area contributed by atoms with Gasteiger partial charge < -0.3 is 23.8 Å². The number of hydrogen-bond acceptors (Lipinski definition) is 7. The second-order valence-electron chi connectivity index (χ2n) is 6.79. The van der Waals surface area contributed by atoms with Gasteiger partial charge in [-0.25, -0.2) is 4.79 Å². The number of carbonyl (C=O) groups is 1. The molecule has 0 saturated heterocycles. The average molecular weight is 427 g/mol. The van der Waals surface area contributed by atoms with Gasteiger partial charge in [0, 0.05) is 12.7 Å². The lowest BCUT2D eigenvalue weighted by atomic mass is 10.00. The van der Waals surface area contributed by atoms with Gasteiger partial charge in [-0.2, -0.15) is 0 Å². The highest BCUT2D eigenvalue weighted by molar-refractivity contribution is 6.16. The summed E-state index contributed by atoms with van der Waals surface area (Å²) in [5, 5.41) is 4.07. The first-order valence-corrected chi connectivity index (χ1v) is 9.69. The molecule has 0 spiro atoms. The van der Waals surface area contributed by atoms with Crippen molar-refractivity contribution in [1.29, 1.82) is 0 Å². The summed E-state index contributed by atoms with van der Waals surface area (Å²) in [5.41, 5.74) is 5.41. The van der Waals surface area contributed by atoms with Crippen molar-refractivity contribution < 1.29 is 28.6 Å². The third-order valence-electron chi connectivity index (χ3n) is 4.65. The highest BCUT2D eigenvalue weighted by atomic mass is 16.6. The zero-order valence-corrected chi connectivity index (χ0v) is 18.9. The van der Waals surface area contributed by atoms with Crippen molar-refractivity contribution >= 4 is 17.3 Å². The molecule has 0 radical (unpaired) electrons. The van der Waals surface area contributed by atoms with E-state index in [-0.39, 0.29) is 6.61 Å². The minimum Gasteiger partial charge on any atom is -0.503 e. The summed E-state index contributed by atoms with van der Waals surface area (Å²) in [4.78, 5) is 17.1. The number of ether oxygens (including phenoxy) is 4. The molecule has 0 N–H and O–H groups in total. The Labute approximate surface area is 183 Å². The van der Waals surface area contributed by atoms with Crippen LogP contribution in [-0.2, 0) is 30.4 Å². The van der Waals surface area contributed by atoms with Crippen molar-refractivity contribution in [2.24, 2.45) is 5.16 Å². The predicted molar refractivity (Wildman–Crippen MR) is 119 cm³/mol. The summed E-state index contributed by atoms with van der Waals surface area (Å²) in [7, 11) is 5.94. The molecule has 0 atom stereocenters. The molecule has 0 fully saturated rings. The second kappa shape index (κ2) is 11.8. The number of hydrogen-bond donors (Lipinski definition) is 0. The molecule has 2 aromatic rings. The lowest BCUT2D eigenvalue weighted by molar-refractivity contribution is -0.133. The lowest BCUT2D eigenvalue weighted by Gasteiger charge is -2.16. The molecule has 2 rings (SSSR count). The normalized spacial score (nSPS) is 11.8. The summed E-state index contributed by atoms with van der Waals surface area (Å²) >= 11 is 0. The molecule has 0 aliphatic rings. The van der Waals surface area contributed by atoms with Crippen LogP contribution in [-0.4, -0.2) is 46.7 Å². The predicted octanol–water partition coefficient (Wildman–Crippen LogP) is 4.04. The summed E-state index contributed by atoms with van der Waals surface area (Å²) in [6.45, 7) is 4.55. The van der Waals surface area contributed by atoms with Crippen molar-refractivity contribution in [3.05, 3.63) is 70.5 Å². The number of aryl methyl sites for hydroxylation is 2. The maximum atomic E-state index is 12.2. The van der Waals surface area contributed by atoms with Gasteiger partial charge in [0.05, 0.1) is 27.1 Å². The summed E-state index contributed by atoms with van der Waals surface area (Å²) in [5.74, 6) is 0.259. The maximum absolute atomic E-state index is 12.2. The largest absolute Gasteiger partial charge is 0.503 e. The smallest absolute Gasteiger partial charge is 0.341 e. The molecular weight excluding hydrogens is 398 g/mol. The SMILES string of the molecule is CO/C=C(/C(=O)OC)c1ccccc1COc1cc(C)c(/C(COC)=N\OC)cc1C. The fraction of sp³-hybridized carbons (Fsp3) is 0.333. The molecule has 166 valence electrons. The monoisotopic (exact) mass is 427 g/mol. The quantitative estimate of drug-likeness (QED) is 0.187. The van der Waals surface area contributed by atoms with Crippen LogP contribution in [0.2, 0.25) is 0 Å². The van der Waals surface area contributed by atoms with E-state index < -0.39 is 5.97 Å². The minimum absolute atomic E-state index is 0.269. The zero-order valence-electron chi connectivity index (χ0n) is 18.9. The summed E-state index contributed by atoms with van der Waals surface area (Å²) in [6, 6.07) is 11.4. The Kier molecular flexibility index (Phi) is 9.09. The van der Waals surface area contributed by atoms with Crippen molar-refractivity contribution in [3.63, 3.8) is 0 Å². The lowest BCUT2D eigenvalue weighted by Crippen LogP contribution is -2.12. The first-order valence-electron chi connectivity index (χ1n) is 9.69. The van der Waals surface area contributed by atoms with E-state index in [0.717, 1.165) is 28.0 Å². The van der Waals surface area contributed by atoms with Gasteiger partial charge in [0.15, 0.2) is 0 Å². The van der Waals surface area contributed by atoms with Crippen LogP contribution < -0.4 is 4.74 Å². The molecule has 31 heavy (non-hydrogen) atoms. The van der Waals surface area contributed by atoms with Gasteiger partial charge >= 0.3 is 5.97 Å². The van der Waals surface area contributed by atoms with Crippen LogP contribution >= 0.6 is 0 Å². The van der Waals surface area contributed by atoms with Crippen LogP contribution in [0.4, 0.5) is 0 Å². The Hall–Kier alpha value is -3.32. The molecule has 0 aliphatic heterocycles. The minimum atomic E-state index is -0.478. The molecule has 0 aromatic heterocycles. The molecule has 0 aliphatic carbocycles. The number of nitrogens with zero attached hydrogens (tertiary/aromatic N) is 1. The third kappa shape index (κ3) is 6.08. The van der Waals surface area contributed by atoms with E-state index in [1.165, 1.54) is 27.6 Å². The van der Waals surface area contributed by atoms with E-state index in [1.54, 1.807) is 7.11 Å². The Bertz CT molecular complexity index is 965. The average Bonchev–Trinajstić information content (AvgIpc) is 2.77. The Balaban J connectivity index is 2.32. The molecule has 2 aromatic carbocycles. The zero-order chi connectivity index (χ0) is 22.8. The van der Waals surface area contributed by atoms with Crippen LogP contribution in [0.3, 0.4) is 0 Å². The van der Waals surface area contributed by atoms with E-state index >= 15 is 0 Å². The maximum Gasteiger partial charge on any atom is 0.341 e. The molecule has 7 nitrogen and oxygen atoms in total. The van der Waals surface area contributed by atoms with E-state index in [4.69, 9.17) is 23.8 Å². The van der Waals surface area contributed by atoms with E-state index in [0.29, 0.717) is 23.5 Å². The van der Waals surface area contributed by atoms with Crippen molar-refractivity contribution in [2.75, 3.05) is 35.0 Å². The van der Waals surface area contributed by atoms with Gasteiger partial charge in [0.1, 0.15) is 30.8 Å². The van der Waals surface area contributed by atoms with Crippen LogP contribution in [0.15, 0.2) is 47.8 Å². The van der Waals surface area contributed by atoms with Crippen LogP contribution in [0.25, 0.3) is 5.57 Å². The van der Waals surface area contributed by atoms with Crippen LogP contribution in [0.5, 0.6) is 5.75 Å². The number of methoxy groups -OCH3 is 3. The summed E-state index contributed by atoms with van der Waals surface area (Å²) < 4.78 is 21.3. The Morgan fingerprint density at radius 1 is 1.00 bits per heavy atom. The van der Waals surface area contributed by atoms with Gasteiger partial charge in [-0.3, -0.25) is 0 Å². The van der Waals surface area contributed by atoms with Crippen molar-refractivity contribution in [3.8, 4) is 5.75 Å². The van der Waals surface area contributed by atoms with Gasteiger partial charge in [-0.05, 0) is 48.2 Å². The number of esters is 1. The van der Waals surface area contributed by atoms with Crippen LogP contribution in [0, 0.1) is 13.8 Å². The molecule has 0 unspecified atom stereocenters. The fourth-order valence-corrected chi connectivity index (χ4v) is 3.17. The number of oxime groups is 1. The Morgan fingerprint density at radius 2 is 1.74 bits per heavy atom. The van der Waals surface area contributed by atoms with E-state index in [2.05, 4.69) is 5.16 Å². The molecule has 0 saturated carbocycles. The van der Waals surface area contributed by atoms with Gasteiger partial charge in [-0.1, -0.05) is 29.4 Å². The topological polar surface area (TPSA) is 75.6 Å². The van der Waals surface area contributed by atoms with Crippen LogP contribution in [0.1, 0.15) is 27.8 Å². The number of benzene rings is 2. The molecule has 0 amide bonds. The summed E-state index contributed by atoms with van der Waals surface area (Å²) in [6.07, 6.45) is 1.38. The molecule has 0 heterocycles. The highest BCUT2D eigenvalue weighted by Crippen LogP contribution is 2.27. The van der Waals surface area contributed by atoms with Crippen molar-refractivity contribution in [2.45, 2.75) is 20.5 Å². The van der Waals surface area contributed by atoms with Crippen molar-refractivity contribution in [1.82, 2.24) is 0 Å². The van der Waals surface area contributed by atoms with E-state index in [9.17, 15) is 4.79 Å². The molecular formula is C24H29NO6. The van der Waals surface area contributed by atoms with Gasteiger partial charge in [0.25, 0.3) is 0 Å². The first kappa shape index (κ1) is 24.0. The fourth-order valence-electron chi connectivity index (χ4n) is 3.17. The highest BCUT2D eigenvalue weighted by Gasteiger charge is 2.18. The van der Waals surface area contributed by atoms with E-state index in [1.807, 2.05) is 50.2 Å². The number of rotatable bonds is 10. The molecule has 0 bridgehead atoms. The standard InChI is InChI=1S/C24H29NO6/c1-16-12-23(17(2)11-20(16)22(15-28-4)25-30-6)31-13-18-9-7-8-10-19(18)21(14-27-3)24(26)29-5/h7-12,14H,13,15H2,1-6H3/b21-14+,25-22-. The Morgan fingerprint density at radius 3 is 2.39 bits per heavy atom. The van der Waals surface area contributed by atoms with Gasteiger partial charge in [0.2, 0.25) is 0 Å². The number of carbonyl (C=O) groups excluding carboxylic acids is 1. The second-order valence-corrected chi connectivity index (χ2v) is 6.79. The molecule has 7 heteroatoms. The third-order valence-corrected chi connectivity index (χ3v) is 4.65. The van der Waals surface area contributed by atoms with Gasteiger partial charge in [-0.15, -0.1) is 0 Å².